The molecule has 1 aliphatic rings. The Morgan fingerprint density at radius 1 is 1.33 bits per heavy atom. The third-order valence-electron chi connectivity index (χ3n) is 3.81. The van der Waals surface area contributed by atoms with Crippen molar-refractivity contribution in [2.24, 2.45) is 0 Å². The summed E-state index contributed by atoms with van der Waals surface area (Å²) in [5.74, 6) is -0.429. The second-order valence-electron chi connectivity index (χ2n) is 5.27. The SMILES string of the molecule is CN(C(=O)c1ccc(C(F)(F)F)nc1)C1CCCCC1O. The van der Waals surface area contributed by atoms with E-state index in [1.165, 1.54) is 4.90 Å². The fraction of sp³-hybridized carbons (Fsp3) is 0.571. The van der Waals surface area contributed by atoms with Gasteiger partial charge in [-0.3, -0.25) is 9.78 Å². The number of aliphatic hydroxyl groups is 1. The molecule has 0 bridgehead atoms. The number of hydrogen-bond donors (Lipinski definition) is 1. The van der Waals surface area contributed by atoms with Crippen LogP contribution >= 0.6 is 0 Å². The van der Waals surface area contributed by atoms with Crippen LogP contribution in [0.4, 0.5) is 13.2 Å². The molecule has 1 fully saturated rings. The molecule has 1 aliphatic carbocycles. The van der Waals surface area contributed by atoms with Crippen LogP contribution in [0.25, 0.3) is 0 Å². The lowest BCUT2D eigenvalue weighted by molar-refractivity contribution is -0.141. The summed E-state index contributed by atoms with van der Waals surface area (Å²) in [6.07, 6.45) is -1.02. The minimum absolute atomic E-state index is 0.0864. The third kappa shape index (κ3) is 3.53. The van der Waals surface area contributed by atoms with Crippen LogP contribution in [0.5, 0.6) is 0 Å². The molecular weight excluding hydrogens is 285 g/mol. The first kappa shape index (κ1) is 15.8. The molecule has 2 rings (SSSR count). The molecule has 0 spiro atoms. The van der Waals surface area contributed by atoms with Gasteiger partial charge in [0.2, 0.25) is 0 Å². The van der Waals surface area contributed by atoms with E-state index in [0.717, 1.165) is 31.2 Å². The molecule has 0 aliphatic heterocycles. The van der Waals surface area contributed by atoms with E-state index >= 15 is 0 Å². The Labute approximate surface area is 120 Å². The maximum Gasteiger partial charge on any atom is 0.433 e. The highest BCUT2D eigenvalue weighted by molar-refractivity contribution is 5.94. The number of aromatic nitrogens is 1. The van der Waals surface area contributed by atoms with Gasteiger partial charge < -0.3 is 10.0 Å². The molecular formula is C14H17F3N2O2. The number of carbonyl (C=O) groups excluding carboxylic acids is 1. The first-order valence-electron chi connectivity index (χ1n) is 6.79. The van der Waals surface area contributed by atoms with Crippen molar-refractivity contribution < 1.29 is 23.1 Å². The summed E-state index contributed by atoms with van der Waals surface area (Å²) in [6, 6.07) is 1.61. The number of carbonyl (C=O) groups is 1. The third-order valence-corrected chi connectivity index (χ3v) is 3.81. The van der Waals surface area contributed by atoms with Crippen molar-refractivity contribution in [3.05, 3.63) is 29.6 Å². The number of halogens is 3. The van der Waals surface area contributed by atoms with Crippen LogP contribution < -0.4 is 0 Å². The first-order chi connectivity index (χ1) is 9.80. The van der Waals surface area contributed by atoms with E-state index < -0.39 is 23.9 Å². The molecule has 1 aromatic heterocycles. The summed E-state index contributed by atoms with van der Waals surface area (Å²) in [5, 5.41) is 9.93. The van der Waals surface area contributed by atoms with Crippen molar-refractivity contribution in [1.29, 1.82) is 0 Å². The standard InChI is InChI=1S/C14H17F3N2O2/c1-19(10-4-2-3-5-11(10)20)13(21)9-6-7-12(18-8-9)14(15,16)17/h6-8,10-11,20H,2-5H2,1H3. The molecule has 1 heterocycles. The molecule has 0 aromatic carbocycles. The number of rotatable bonds is 2. The minimum atomic E-state index is -4.52. The van der Waals surface area contributed by atoms with Gasteiger partial charge in [0.05, 0.1) is 17.7 Å². The molecule has 116 valence electrons. The van der Waals surface area contributed by atoms with Crippen LogP contribution in [-0.2, 0) is 6.18 Å². The normalized spacial score (nSPS) is 22.9. The number of hydrogen-bond acceptors (Lipinski definition) is 3. The highest BCUT2D eigenvalue weighted by Crippen LogP contribution is 2.28. The van der Waals surface area contributed by atoms with Crippen molar-refractivity contribution in [3.63, 3.8) is 0 Å². The molecule has 2 unspecified atom stereocenters. The maximum atomic E-state index is 12.4. The Kier molecular flexibility index (Phi) is 4.51. The minimum Gasteiger partial charge on any atom is -0.391 e. The summed E-state index contributed by atoms with van der Waals surface area (Å²) in [6.45, 7) is 0. The molecule has 2 atom stereocenters. The molecule has 1 saturated carbocycles. The second kappa shape index (κ2) is 6.01. The molecule has 4 nitrogen and oxygen atoms in total. The van der Waals surface area contributed by atoms with Crippen LogP contribution in [0, 0.1) is 0 Å². The predicted molar refractivity (Wildman–Crippen MR) is 69.6 cm³/mol. The Hall–Kier alpha value is -1.63. The largest absolute Gasteiger partial charge is 0.433 e. The number of alkyl halides is 3. The lowest BCUT2D eigenvalue weighted by Gasteiger charge is -2.35. The van der Waals surface area contributed by atoms with Gasteiger partial charge in [0, 0.05) is 13.2 Å². The van der Waals surface area contributed by atoms with E-state index in [1.54, 1.807) is 7.05 Å². The Bertz CT molecular complexity index is 502. The highest BCUT2D eigenvalue weighted by Gasteiger charge is 2.33. The predicted octanol–water partition coefficient (Wildman–Crippen LogP) is 2.48. The van der Waals surface area contributed by atoms with Gasteiger partial charge in [0.1, 0.15) is 5.69 Å². The average molecular weight is 302 g/mol. The van der Waals surface area contributed by atoms with Gasteiger partial charge in [-0.2, -0.15) is 13.2 Å². The summed E-state index contributed by atoms with van der Waals surface area (Å²) < 4.78 is 37.3. The summed E-state index contributed by atoms with van der Waals surface area (Å²) in [7, 11) is 1.55. The maximum absolute atomic E-state index is 12.4. The lowest BCUT2D eigenvalue weighted by atomic mass is 9.91. The van der Waals surface area contributed by atoms with E-state index in [0.29, 0.717) is 12.8 Å². The fourth-order valence-electron chi connectivity index (χ4n) is 2.59. The summed E-state index contributed by atoms with van der Waals surface area (Å²) in [5.41, 5.74) is -0.942. The number of likely N-dealkylation sites (N-methyl/N-ethyl adjacent to an activating group) is 1. The molecule has 21 heavy (non-hydrogen) atoms. The van der Waals surface area contributed by atoms with Gasteiger partial charge in [-0.15, -0.1) is 0 Å². The number of nitrogens with zero attached hydrogens (tertiary/aromatic N) is 2. The molecule has 1 aromatic rings. The monoisotopic (exact) mass is 302 g/mol. The van der Waals surface area contributed by atoms with E-state index in [9.17, 15) is 23.1 Å². The van der Waals surface area contributed by atoms with E-state index in [-0.39, 0.29) is 11.6 Å². The van der Waals surface area contributed by atoms with Gasteiger partial charge in [-0.25, -0.2) is 0 Å². The van der Waals surface area contributed by atoms with Crippen LogP contribution in [0.1, 0.15) is 41.7 Å². The van der Waals surface area contributed by atoms with E-state index in [1.807, 2.05) is 0 Å². The summed E-state index contributed by atoms with van der Waals surface area (Å²) in [4.78, 5) is 16.9. The van der Waals surface area contributed by atoms with Crippen LogP contribution in [0.15, 0.2) is 18.3 Å². The fourth-order valence-corrected chi connectivity index (χ4v) is 2.59. The second-order valence-corrected chi connectivity index (χ2v) is 5.27. The van der Waals surface area contributed by atoms with Crippen molar-refractivity contribution in [1.82, 2.24) is 9.88 Å². The number of aliphatic hydroxyl groups excluding tert-OH is 1. The van der Waals surface area contributed by atoms with Crippen molar-refractivity contribution in [3.8, 4) is 0 Å². The summed E-state index contributed by atoms with van der Waals surface area (Å²) >= 11 is 0. The smallest absolute Gasteiger partial charge is 0.391 e. The molecule has 7 heteroatoms. The van der Waals surface area contributed by atoms with Gasteiger partial charge in [0.15, 0.2) is 0 Å². The lowest BCUT2D eigenvalue weighted by Crippen LogP contribution is -2.46. The van der Waals surface area contributed by atoms with Crippen molar-refractivity contribution in [2.45, 2.75) is 44.0 Å². The van der Waals surface area contributed by atoms with E-state index in [4.69, 9.17) is 0 Å². The Morgan fingerprint density at radius 2 is 2.00 bits per heavy atom. The van der Waals surface area contributed by atoms with Gasteiger partial charge in [-0.05, 0) is 25.0 Å². The van der Waals surface area contributed by atoms with Gasteiger partial charge >= 0.3 is 6.18 Å². The number of amides is 1. The Balaban J connectivity index is 2.12. The zero-order chi connectivity index (χ0) is 15.6. The number of pyridine rings is 1. The van der Waals surface area contributed by atoms with Crippen LogP contribution in [0.2, 0.25) is 0 Å². The van der Waals surface area contributed by atoms with Crippen LogP contribution in [0.3, 0.4) is 0 Å². The molecule has 1 amide bonds. The quantitative estimate of drug-likeness (QED) is 0.913. The molecule has 0 radical (unpaired) electrons. The topological polar surface area (TPSA) is 53.4 Å². The van der Waals surface area contributed by atoms with Crippen molar-refractivity contribution in [2.75, 3.05) is 7.05 Å². The zero-order valence-electron chi connectivity index (χ0n) is 11.6. The van der Waals surface area contributed by atoms with Crippen molar-refractivity contribution >= 4 is 5.91 Å². The van der Waals surface area contributed by atoms with E-state index in [2.05, 4.69) is 4.98 Å². The average Bonchev–Trinajstić information content (AvgIpc) is 2.45. The van der Waals surface area contributed by atoms with Crippen LogP contribution in [-0.4, -0.2) is 40.1 Å². The molecule has 0 saturated heterocycles. The van der Waals surface area contributed by atoms with Gasteiger partial charge in [-0.1, -0.05) is 12.8 Å². The Morgan fingerprint density at radius 3 is 2.52 bits per heavy atom. The van der Waals surface area contributed by atoms with Gasteiger partial charge in [0.25, 0.3) is 5.91 Å². The molecule has 1 N–H and O–H groups in total. The highest BCUT2D eigenvalue weighted by atomic mass is 19.4. The first-order valence-corrected chi connectivity index (χ1v) is 6.79. The zero-order valence-corrected chi connectivity index (χ0v) is 11.6.